The van der Waals surface area contributed by atoms with Crippen molar-refractivity contribution in [3.05, 3.63) is 58.6 Å². The fraction of sp³-hybridized carbons (Fsp3) is 0.235. The van der Waals surface area contributed by atoms with Crippen molar-refractivity contribution in [3.63, 3.8) is 0 Å². The van der Waals surface area contributed by atoms with Gasteiger partial charge in [-0.1, -0.05) is 35.3 Å². The van der Waals surface area contributed by atoms with Crippen LogP contribution < -0.4 is 5.32 Å². The minimum atomic E-state index is -3.77. The topological polar surface area (TPSA) is 66.5 Å². The first kappa shape index (κ1) is 18.2. The van der Waals surface area contributed by atoms with Crippen LogP contribution in [0.2, 0.25) is 10.0 Å². The second-order valence-electron chi connectivity index (χ2n) is 5.70. The standard InChI is InChI=1S/C17H16Cl2N2O3S/c18-12-7-9-13(10-8-12)25(23,24)21-11-3-6-16(21)17(22)20-15-5-2-1-4-14(15)19/h1-2,4-5,7-10,16H,3,6,11H2,(H,20,22)/t16-/m1/s1. The largest absolute Gasteiger partial charge is 0.323 e. The second kappa shape index (κ2) is 7.33. The highest BCUT2D eigenvalue weighted by Gasteiger charge is 2.39. The molecule has 1 N–H and O–H groups in total. The van der Waals surface area contributed by atoms with E-state index in [4.69, 9.17) is 23.2 Å². The van der Waals surface area contributed by atoms with Gasteiger partial charge in [0.25, 0.3) is 0 Å². The highest BCUT2D eigenvalue weighted by molar-refractivity contribution is 7.89. The molecule has 0 bridgehead atoms. The minimum absolute atomic E-state index is 0.120. The van der Waals surface area contributed by atoms with Crippen LogP contribution in [-0.4, -0.2) is 31.2 Å². The number of sulfonamides is 1. The number of hydrogen-bond acceptors (Lipinski definition) is 3. The van der Waals surface area contributed by atoms with Crippen molar-refractivity contribution in [2.75, 3.05) is 11.9 Å². The fourth-order valence-corrected chi connectivity index (χ4v) is 4.78. The molecule has 5 nitrogen and oxygen atoms in total. The van der Waals surface area contributed by atoms with Crippen LogP contribution in [0.15, 0.2) is 53.4 Å². The lowest BCUT2D eigenvalue weighted by molar-refractivity contribution is -0.119. The third-order valence-electron chi connectivity index (χ3n) is 4.06. The Balaban J connectivity index is 1.83. The third kappa shape index (κ3) is 3.82. The number of para-hydroxylation sites is 1. The Kier molecular flexibility index (Phi) is 5.34. The maximum absolute atomic E-state index is 12.9. The lowest BCUT2D eigenvalue weighted by Crippen LogP contribution is -2.43. The van der Waals surface area contributed by atoms with Crippen molar-refractivity contribution in [2.45, 2.75) is 23.8 Å². The first-order valence-corrected chi connectivity index (χ1v) is 9.92. The van der Waals surface area contributed by atoms with E-state index in [0.29, 0.717) is 35.1 Å². The Morgan fingerprint density at radius 1 is 1.08 bits per heavy atom. The number of rotatable bonds is 4. The summed E-state index contributed by atoms with van der Waals surface area (Å²) >= 11 is 11.9. The predicted octanol–water partition coefficient (Wildman–Crippen LogP) is 3.79. The molecule has 1 saturated heterocycles. The Morgan fingerprint density at radius 3 is 2.44 bits per heavy atom. The average molecular weight is 399 g/mol. The van der Waals surface area contributed by atoms with Gasteiger partial charge in [0.2, 0.25) is 15.9 Å². The Hall–Kier alpha value is -1.60. The Morgan fingerprint density at radius 2 is 1.76 bits per heavy atom. The van der Waals surface area contributed by atoms with E-state index in [1.165, 1.54) is 28.6 Å². The summed E-state index contributed by atoms with van der Waals surface area (Å²) in [7, 11) is -3.77. The quantitative estimate of drug-likeness (QED) is 0.851. The van der Waals surface area contributed by atoms with Gasteiger partial charge in [0.1, 0.15) is 6.04 Å². The van der Waals surface area contributed by atoms with Gasteiger partial charge in [0.15, 0.2) is 0 Å². The molecule has 2 aromatic rings. The Labute approximate surface area is 156 Å². The molecule has 2 aromatic carbocycles. The maximum Gasteiger partial charge on any atom is 0.243 e. The number of benzene rings is 2. The normalized spacial score (nSPS) is 18.2. The summed E-state index contributed by atoms with van der Waals surface area (Å²) in [6.45, 7) is 0.297. The summed E-state index contributed by atoms with van der Waals surface area (Å²) in [4.78, 5) is 12.7. The zero-order valence-electron chi connectivity index (χ0n) is 13.2. The summed E-state index contributed by atoms with van der Waals surface area (Å²) in [5, 5.41) is 3.57. The van der Waals surface area contributed by atoms with Crippen LogP contribution in [0.3, 0.4) is 0 Å². The molecule has 0 unspecified atom stereocenters. The molecular weight excluding hydrogens is 383 g/mol. The van der Waals surface area contributed by atoms with E-state index in [1.807, 2.05) is 0 Å². The zero-order chi connectivity index (χ0) is 18.0. The lowest BCUT2D eigenvalue weighted by atomic mass is 10.2. The van der Waals surface area contributed by atoms with Crippen LogP contribution in [0.4, 0.5) is 5.69 Å². The monoisotopic (exact) mass is 398 g/mol. The van der Waals surface area contributed by atoms with Crippen LogP contribution in [0, 0.1) is 0 Å². The first-order valence-electron chi connectivity index (χ1n) is 7.72. The molecule has 1 aliphatic rings. The van der Waals surface area contributed by atoms with Gasteiger partial charge in [-0.25, -0.2) is 8.42 Å². The van der Waals surface area contributed by atoms with Crippen LogP contribution >= 0.6 is 23.2 Å². The third-order valence-corrected chi connectivity index (χ3v) is 6.56. The SMILES string of the molecule is O=C(Nc1ccccc1Cl)[C@H]1CCCN1S(=O)(=O)c1ccc(Cl)cc1. The number of carbonyl (C=O) groups excluding carboxylic acids is 1. The molecule has 1 atom stereocenters. The zero-order valence-corrected chi connectivity index (χ0v) is 15.5. The van der Waals surface area contributed by atoms with Crippen LogP contribution in [0.1, 0.15) is 12.8 Å². The van der Waals surface area contributed by atoms with Crippen LogP contribution in [0.5, 0.6) is 0 Å². The van der Waals surface area contributed by atoms with Crippen molar-refractivity contribution >= 4 is 44.8 Å². The number of carbonyl (C=O) groups is 1. The van der Waals surface area contributed by atoms with E-state index in [9.17, 15) is 13.2 Å². The molecule has 1 heterocycles. The molecule has 0 aliphatic carbocycles. The van der Waals surface area contributed by atoms with E-state index in [2.05, 4.69) is 5.32 Å². The van der Waals surface area contributed by atoms with E-state index >= 15 is 0 Å². The number of hydrogen-bond donors (Lipinski definition) is 1. The van der Waals surface area contributed by atoms with Gasteiger partial charge in [-0.2, -0.15) is 4.31 Å². The molecule has 25 heavy (non-hydrogen) atoms. The molecule has 0 radical (unpaired) electrons. The van der Waals surface area contributed by atoms with Crippen molar-refractivity contribution in [1.82, 2.24) is 4.31 Å². The summed E-state index contributed by atoms with van der Waals surface area (Å²) < 4.78 is 27.0. The van der Waals surface area contributed by atoms with Gasteiger partial charge in [0, 0.05) is 11.6 Å². The maximum atomic E-state index is 12.9. The van der Waals surface area contributed by atoms with E-state index in [-0.39, 0.29) is 10.8 Å². The molecule has 0 saturated carbocycles. The van der Waals surface area contributed by atoms with Crippen molar-refractivity contribution < 1.29 is 13.2 Å². The van der Waals surface area contributed by atoms with Gasteiger partial charge in [0.05, 0.1) is 15.6 Å². The van der Waals surface area contributed by atoms with Crippen molar-refractivity contribution in [1.29, 1.82) is 0 Å². The molecule has 1 fully saturated rings. The van der Waals surface area contributed by atoms with E-state index < -0.39 is 16.1 Å². The second-order valence-corrected chi connectivity index (χ2v) is 8.43. The van der Waals surface area contributed by atoms with Gasteiger partial charge in [-0.3, -0.25) is 4.79 Å². The number of halogens is 2. The molecule has 3 rings (SSSR count). The highest BCUT2D eigenvalue weighted by atomic mass is 35.5. The lowest BCUT2D eigenvalue weighted by Gasteiger charge is -2.23. The van der Waals surface area contributed by atoms with Gasteiger partial charge >= 0.3 is 0 Å². The van der Waals surface area contributed by atoms with Gasteiger partial charge in [-0.15, -0.1) is 0 Å². The van der Waals surface area contributed by atoms with Crippen molar-refractivity contribution in [3.8, 4) is 0 Å². The molecular formula is C17H16Cl2N2O3S. The number of nitrogens with zero attached hydrogens (tertiary/aromatic N) is 1. The smallest absolute Gasteiger partial charge is 0.243 e. The van der Waals surface area contributed by atoms with E-state index in [0.717, 1.165) is 0 Å². The van der Waals surface area contributed by atoms with E-state index in [1.54, 1.807) is 24.3 Å². The average Bonchev–Trinajstić information content (AvgIpc) is 3.08. The number of nitrogens with one attached hydrogen (secondary N) is 1. The first-order chi connectivity index (χ1) is 11.9. The summed E-state index contributed by atoms with van der Waals surface area (Å²) in [5.74, 6) is -0.386. The number of amides is 1. The van der Waals surface area contributed by atoms with Crippen molar-refractivity contribution in [2.24, 2.45) is 0 Å². The summed E-state index contributed by atoms with van der Waals surface area (Å²) in [6, 6.07) is 12.0. The predicted molar refractivity (Wildman–Crippen MR) is 98.4 cm³/mol. The minimum Gasteiger partial charge on any atom is -0.323 e. The van der Waals surface area contributed by atoms with Gasteiger partial charge < -0.3 is 5.32 Å². The van der Waals surface area contributed by atoms with Crippen LogP contribution in [0.25, 0.3) is 0 Å². The Bertz CT molecular complexity index is 885. The highest BCUT2D eigenvalue weighted by Crippen LogP contribution is 2.28. The molecule has 1 amide bonds. The number of anilines is 1. The van der Waals surface area contributed by atoms with Gasteiger partial charge in [-0.05, 0) is 49.2 Å². The summed E-state index contributed by atoms with van der Waals surface area (Å²) in [6.07, 6.45) is 1.08. The molecule has 0 aromatic heterocycles. The molecule has 0 spiro atoms. The van der Waals surface area contributed by atoms with Crippen LogP contribution in [-0.2, 0) is 14.8 Å². The molecule has 8 heteroatoms. The summed E-state index contributed by atoms with van der Waals surface area (Å²) in [5.41, 5.74) is 0.463. The molecule has 132 valence electrons. The molecule has 1 aliphatic heterocycles. The fourth-order valence-electron chi connectivity index (χ4n) is 2.81.